The zero-order valence-electron chi connectivity index (χ0n) is 10.1. The van der Waals surface area contributed by atoms with Gasteiger partial charge >= 0.3 is 0 Å². The highest BCUT2D eigenvalue weighted by molar-refractivity contribution is 5.93. The van der Waals surface area contributed by atoms with Crippen molar-refractivity contribution in [3.8, 4) is 0 Å². The van der Waals surface area contributed by atoms with Gasteiger partial charge in [-0.2, -0.15) is 0 Å². The number of hydrogen-bond acceptors (Lipinski definition) is 3. The van der Waals surface area contributed by atoms with Gasteiger partial charge in [-0.15, -0.1) is 0 Å². The normalized spacial score (nSPS) is 17.6. The lowest BCUT2D eigenvalue weighted by molar-refractivity contribution is -0.114. The van der Waals surface area contributed by atoms with E-state index in [1.165, 1.54) is 19.3 Å². The fourth-order valence-electron chi connectivity index (χ4n) is 2.10. The van der Waals surface area contributed by atoms with Gasteiger partial charge in [0.1, 0.15) is 5.76 Å². The zero-order chi connectivity index (χ0) is 11.9. The number of hydrogen-bond donors (Lipinski definition) is 0. The van der Waals surface area contributed by atoms with E-state index in [0.717, 1.165) is 25.4 Å². The summed E-state index contributed by atoms with van der Waals surface area (Å²) in [5.74, 6) is 0.906. The molecule has 1 saturated heterocycles. The Balaban J connectivity index is 1.70. The molecule has 0 amide bonds. The van der Waals surface area contributed by atoms with Crippen molar-refractivity contribution in [2.75, 3.05) is 19.6 Å². The fourth-order valence-corrected chi connectivity index (χ4v) is 2.10. The summed E-state index contributed by atoms with van der Waals surface area (Å²) in [6, 6.07) is 3.66. The molecule has 92 valence electrons. The number of carbonyl (C=O) groups excluding carboxylic acids is 1. The molecule has 1 aliphatic heterocycles. The summed E-state index contributed by atoms with van der Waals surface area (Å²) in [6.45, 7) is 3.19. The van der Waals surface area contributed by atoms with E-state index in [-0.39, 0.29) is 5.78 Å². The van der Waals surface area contributed by atoms with E-state index in [9.17, 15) is 4.79 Å². The molecule has 1 aromatic rings. The second-order valence-corrected chi connectivity index (χ2v) is 4.47. The maximum atomic E-state index is 11.6. The molecule has 1 aromatic heterocycles. The molecule has 2 heterocycles. The van der Waals surface area contributed by atoms with E-state index in [2.05, 4.69) is 4.90 Å². The summed E-state index contributed by atoms with van der Waals surface area (Å²) in [5.41, 5.74) is 0. The van der Waals surface area contributed by atoms with Gasteiger partial charge in [-0.05, 0) is 50.2 Å². The van der Waals surface area contributed by atoms with Crippen molar-refractivity contribution in [2.24, 2.45) is 0 Å². The Morgan fingerprint density at radius 2 is 2.18 bits per heavy atom. The molecule has 3 nitrogen and oxygen atoms in total. The van der Waals surface area contributed by atoms with Crippen LogP contribution in [0.4, 0.5) is 0 Å². The number of likely N-dealkylation sites (tertiary alicyclic amines) is 1. The third kappa shape index (κ3) is 4.19. The van der Waals surface area contributed by atoms with Crippen LogP contribution in [0.5, 0.6) is 0 Å². The average Bonchev–Trinajstić information content (AvgIpc) is 2.88. The third-order valence-corrected chi connectivity index (χ3v) is 3.10. The van der Waals surface area contributed by atoms with Crippen molar-refractivity contribution in [1.82, 2.24) is 4.90 Å². The molecule has 3 heteroatoms. The smallest absolute Gasteiger partial charge is 0.157 e. The number of ketones is 1. The number of furan rings is 1. The van der Waals surface area contributed by atoms with Crippen LogP contribution in [0.2, 0.25) is 0 Å². The van der Waals surface area contributed by atoms with Crippen LogP contribution >= 0.6 is 0 Å². The SMILES string of the molecule is O=C(C=Cc1ccco1)CCN1CCCCC1. The summed E-state index contributed by atoms with van der Waals surface area (Å²) in [4.78, 5) is 14.0. The van der Waals surface area contributed by atoms with Gasteiger partial charge in [-0.25, -0.2) is 0 Å². The van der Waals surface area contributed by atoms with Crippen LogP contribution in [-0.2, 0) is 4.79 Å². The highest BCUT2D eigenvalue weighted by Crippen LogP contribution is 2.09. The minimum atomic E-state index is 0.173. The van der Waals surface area contributed by atoms with Crippen molar-refractivity contribution >= 4 is 11.9 Å². The first-order chi connectivity index (χ1) is 8.34. The van der Waals surface area contributed by atoms with Gasteiger partial charge in [0, 0.05) is 13.0 Å². The number of piperidine rings is 1. The van der Waals surface area contributed by atoms with Crippen LogP contribution < -0.4 is 0 Å². The largest absolute Gasteiger partial charge is 0.465 e. The van der Waals surface area contributed by atoms with Gasteiger partial charge in [-0.1, -0.05) is 6.42 Å². The van der Waals surface area contributed by atoms with Crippen molar-refractivity contribution in [3.63, 3.8) is 0 Å². The molecule has 0 N–H and O–H groups in total. The van der Waals surface area contributed by atoms with E-state index < -0.39 is 0 Å². The summed E-state index contributed by atoms with van der Waals surface area (Å²) >= 11 is 0. The van der Waals surface area contributed by atoms with Crippen molar-refractivity contribution in [2.45, 2.75) is 25.7 Å². The molecule has 0 atom stereocenters. The van der Waals surface area contributed by atoms with Crippen molar-refractivity contribution in [1.29, 1.82) is 0 Å². The first kappa shape index (κ1) is 12.1. The maximum absolute atomic E-state index is 11.6. The minimum Gasteiger partial charge on any atom is -0.465 e. The quantitative estimate of drug-likeness (QED) is 0.733. The summed E-state index contributed by atoms with van der Waals surface area (Å²) in [6.07, 6.45) is 9.45. The minimum absolute atomic E-state index is 0.173. The van der Waals surface area contributed by atoms with Gasteiger partial charge in [0.05, 0.1) is 6.26 Å². The molecule has 0 spiro atoms. The maximum Gasteiger partial charge on any atom is 0.157 e. The second kappa shape index (κ2) is 6.40. The summed E-state index contributed by atoms with van der Waals surface area (Å²) in [7, 11) is 0. The molecule has 0 radical (unpaired) electrons. The predicted molar refractivity (Wildman–Crippen MR) is 67.7 cm³/mol. The second-order valence-electron chi connectivity index (χ2n) is 4.47. The molecule has 2 rings (SSSR count). The van der Waals surface area contributed by atoms with E-state index >= 15 is 0 Å². The molecule has 17 heavy (non-hydrogen) atoms. The third-order valence-electron chi connectivity index (χ3n) is 3.10. The van der Waals surface area contributed by atoms with E-state index in [1.807, 2.05) is 12.1 Å². The predicted octanol–water partition coefficient (Wildman–Crippen LogP) is 2.74. The highest BCUT2D eigenvalue weighted by atomic mass is 16.3. The van der Waals surface area contributed by atoms with E-state index in [0.29, 0.717) is 6.42 Å². The van der Waals surface area contributed by atoms with Crippen molar-refractivity contribution in [3.05, 3.63) is 30.2 Å². The lowest BCUT2D eigenvalue weighted by atomic mass is 10.1. The monoisotopic (exact) mass is 233 g/mol. The van der Waals surface area contributed by atoms with Crippen molar-refractivity contribution < 1.29 is 9.21 Å². The molecule has 0 aromatic carbocycles. The van der Waals surface area contributed by atoms with Crippen LogP contribution in [0.15, 0.2) is 28.9 Å². The highest BCUT2D eigenvalue weighted by Gasteiger charge is 2.10. The van der Waals surface area contributed by atoms with Crippen LogP contribution in [0.1, 0.15) is 31.4 Å². The number of carbonyl (C=O) groups is 1. The van der Waals surface area contributed by atoms with E-state index in [4.69, 9.17) is 4.42 Å². The van der Waals surface area contributed by atoms with Gasteiger partial charge in [-0.3, -0.25) is 4.79 Å². The molecule has 0 aliphatic carbocycles. The number of nitrogens with zero attached hydrogens (tertiary/aromatic N) is 1. The Morgan fingerprint density at radius 3 is 2.88 bits per heavy atom. The van der Waals surface area contributed by atoms with Crippen LogP contribution in [-0.4, -0.2) is 30.3 Å². The number of rotatable bonds is 5. The molecular weight excluding hydrogens is 214 g/mol. The topological polar surface area (TPSA) is 33.5 Å². The molecule has 0 unspecified atom stereocenters. The van der Waals surface area contributed by atoms with Gasteiger partial charge in [0.15, 0.2) is 5.78 Å². The fraction of sp³-hybridized carbons (Fsp3) is 0.500. The Labute approximate surface area is 102 Å². The van der Waals surface area contributed by atoms with Crippen LogP contribution in [0.25, 0.3) is 6.08 Å². The molecular formula is C14H19NO2. The van der Waals surface area contributed by atoms with Crippen LogP contribution in [0.3, 0.4) is 0 Å². The van der Waals surface area contributed by atoms with Crippen LogP contribution in [0, 0.1) is 0 Å². The molecule has 0 saturated carbocycles. The van der Waals surface area contributed by atoms with Gasteiger partial charge in [0.25, 0.3) is 0 Å². The Bertz CT molecular complexity index is 362. The lowest BCUT2D eigenvalue weighted by Crippen LogP contribution is -2.31. The average molecular weight is 233 g/mol. The first-order valence-corrected chi connectivity index (χ1v) is 6.31. The summed E-state index contributed by atoms with van der Waals surface area (Å²) < 4.78 is 5.13. The first-order valence-electron chi connectivity index (χ1n) is 6.31. The lowest BCUT2D eigenvalue weighted by Gasteiger charge is -2.25. The zero-order valence-corrected chi connectivity index (χ0v) is 10.1. The Kier molecular flexibility index (Phi) is 4.56. The standard InChI is InChI=1S/C14H19NO2/c16-13(6-7-14-5-4-12-17-14)8-11-15-9-2-1-3-10-15/h4-7,12H,1-3,8-11H2. The molecule has 1 aliphatic rings. The van der Waals surface area contributed by atoms with Gasteiger partial charge in [0.2, 0.25) is 0 Å². The molecule has 1 fully saturated rings. The van der Waals surface area contributed by atoms with Gasteiger partial charge < -0.3 is 9.32 Å². The van der Waals surface area contributed by atoms with E-state index in [1.54, 1.807) is 18.4 Å². The number of allylic oxidation sites excluding steroid dienone is 1. The Morgan fingerprint density at radius 1 is 1.35 bits per heavy atom. The summed E-state index contributed by atoms with van der Waals surface area (Å²) in [5, 5.41) is 0. The Hall–Kier alpha value is -1.35. The molecule has 0 bridgehead atoms.